The van der Waals surface area contributed by atoms with Gasteiger partial charge in [0.15, 0.2) is 0 Å². The lowest BCUT2D eigenvalue weighted by Gasteiger charge is -2.29. The topological polar surface area (TPSA) is 52.6 Å². The zero-order chi connectivity index (χ0) is 17.9. The largest absolute Gasteiger partial charge is 0.394 e. The summed E-state index contributed by atoms with van der Waals surface area (Å²) in [5.41, 5.74) is 3.27. The molecule has 0 fully saturated rings. The average molecular weight is 338 g/mol. The molecule has 0 heterocycles. The third-order valence-corrected chi connectivity index (χ3v) is 5.11. The zero-order valence-corrected chi connectivity index (χ0v) is 15.0. The highest BCUT2D eigenvalue weighted by molar-refractivity contribution is 5.95. The Morgan fingerprint density at radius 2 is 1.92 bits per heavy atom. The molecule has 25 heavy (non-hydrogen) atoms. The van der Waals surface area contributed by atoms with Crippen LogP contribution in [0.2, 0.25) is 0 Å². The number of fused-ring (bicyclic) bond motifs is 1. The highest BCUT2D eigenvalue weighted by Gasteiger charge is 2.39. The molecule has 2 aromatic carbocycles. The standard InChI is InChI=1S/C21H26N2O2/c1-3-14-23(2)18-10-8-17(9-11-18)20(25)22-21(15-24)13-12-16-6-4-5-7-19(16)21/h4-11,24H,3,12-15H2,1-2H3,(H,22,25)/t21-/m0/s1. The van der Waals surface area contributed by atoms with Crippen molar-refractivity contribution in [2.75, 3.05) is 25.1 Å². The number of aliphatic hydroxyl groups is 1. The maximum Gasteiger partial charge on any atom is 0.252 e. The molecule has 4 heteroatoms. The van der Waals surface area contributed by atoms with E-state index < -0.39 is 5.54 Å². The first-order valence-corrected chi connectivity index (χ1v) is 8.92. The van der Waals surface area contributed by atoms with Crippen molar-refractivity contribution < 1.29 is 9.90 Å². The van der Waals surface area contributed by atoms with Crippen molar-refractivity contribution in [2.24, 2.45) is 0 Å². The fourth-order valence-corrected chi connectivity index (χ4v) is 3.64. The lowest BCUT2D eigenvalue weighted by molar-refractivity contribution is 0.0829. The summed E-state index contributed by atoms with van der Waals surface area (Å²) < 4.78 is 0. The molecule has 132 valence electrons. The van der Waals surface area contributed by atoms with Gasteiger partial charge in [-0.3, -0.25) is 4.79 Å². The van der Waals surface area contributed by atoms with Crippen molar-refractivity contribution in [3.05, 3.63) is 65.2 Å². The third kappa shape index (κ3) is 3.40. The lowest BCUT2D eigenvalue weighted by Crippen LogP contribution is -2.47. The summed E-state index contributed by atoms with van der Waals surface area (Å²) in [6, 6.07) is 15.7. The van der Waals surface area contributed by atoms with Crippen LogP contribution >= 0.6 is 0 Å². The Hall–Kier alpha value is -2.33. The summed E-state index contributed by atoms with van der Waals surface area (Å²) in [6.07, 6.45) is 2.68. The van der Waals surface area contributed by atoms with Gasteiger partial charge >= 0.3 is 0 Å². The first-order chi connectivity index (χ1) is 12.1. The zero-order valence-electron chi connectivity index (χ0n) is 15.0. The molecule has 1 aliphatic carbocycles. The SMILES string of the molecule is CCCN(C)c1ccc(C(=O)N[C@]2(CO)CCc3ccccc32)cc1. The summed E-state index contributed by atoms with van der Waals surface area (Å²) in [5, 5.41) is 13.1. The van der Waals surface area contributed by atoms with Gasteiger partial charge in [-0.15, -0.1) is 0 Å². The minimum Gasteiger partial charge on any atom is -0.394 e. The Kier molecular flexibility index (Phi) is 5.09. The van der Waals surface area contributed by atoms with Crippen LogP contribution in [0.5, 0.6) is 0 Å². The Morgan fingerprint density at radius 3 is 2.60 bits per heavy atom. The van der Waals surface area contributed by atoms with Crippen LogP contribution in [0.25, 0.3) is 0 Å². The van der Waals surface area contributed by atoms with Crippen LogP contribution in [0.4, 0.5) is 5.69 Å². The normalized spacial score (nSPS) is 18.7. The van der Waals surface area contributed by atoms with E-state index >= 15 is 0 Å². The van der Waals surface area contributed by atoms with E-state index in [4.69, 9.17) is 0 Å². The molecule has 2 N–H and O–H groups in total. The van der Waals surface area contributed by atoms with Crippen LogP contribution in [-0.2, 0) is 12.0 Å². The first kappa shape index (κ1) is 17.5. The van der Waals surface area contributed by atoms with Gasteiger partial charge in [0.1, 0.15) is 0 Å². The van der Waals surface area contributed by atoms with Crippen LogP contribution in [0, 0.1) is 0 Å². The molecule has 1 atom stereocenters. The Balaban J connectivity index is 1.78. The molecule has 0 unspecified atom stereocenters. The number of benzene rings is 2. The fourth-order valence-electron chi connectivity index (χ4n) is 3.64. The maximum atomic E-state index is 12.7. The smallest absolute Gasteiger partial charge is 0.252 e. The molecule has 0 aliphatic heterocycles. The number of carbonyl (C=O) groups excluding carboxylic acids is 1. The summed E-state index contributed by atoms with van der Waals surface area (Å²) in [6.45, 7) is 3.04. The molecule has 4 nitrogen and oxygen atoms in total. The molecule has 1 amide bonds. The molecule has 0 spiro atoms. The Bertz CT molecular complexity index is 742. The molecule has 0 saturated carbocycles. The number of hydrogen-bond donors (Lipinski definition) is 2. The van der Waals surface area contributed by atoms with E-state index in [0.717, 1.165) is 37.1 Å². The molecule has 0 saturated heterocycles. The maximum absolute atomic E-state index is 12.7. The van der Waals surface area contributed by atoms with Crippen LogP contribution in [0.15, 0.2) is 48.5 Å². The van der Waals surface area contributed by atoms with Gasteiger partial charge in [-0.2, -0.15) is 0 Å². The van der Waals surface area contributed by atoms with Crippen molar-refractivity contribution in [3.63, 3.8) is 0 Å². The summed E-state index contributed by atoms with van der Waals surface area (Å²) in [4.78, 5) is 14.9. The minimum absolute atomic E-state index is 0.0902. The number of amides is 1. The molecule has 0 aromatic heterocycles. The number of carbonyl (C=O) groups is 1. The van der Waals surface area contributed by atoms with Gasteiger partial charge in [0, 0.05) is 24.8 Å². The van der Waals surface area contributed by atoms with Gasteiger partial charge in [0.05, 0.1) is 12.1 Å². The second kappa shape index (κ2) is 7.28. The number of nitrogens with one attached hydrogen (secondary N) is 1. The molecule has 3 rings (SSSR count). The summed E-state index contributed by atoms with van der Waals surface area (Å²) >= 11 is 0. The quantitative estimate of drug-likeness (QED) is 0.851. The van der Waals surface area contributed by atoms with E-state index in [9.17, 15) is 9.90 Å². The van der Waals surface area contributed by atoms with Crippen molar-refractivity contribution >= 4 is 11.6 Å². The van der Waals surface area contributed by atoms with E-state index in [1.807, 2.05) is 42.5 Å². The summed E-state index contributed by atoms with van der Waals surface area (Å²) in [5.74, 6) is -0.143. The predicted octanol–water partition coefficient (Wildman–Crippen LogP) is 3.10. The van der Waals surface area contributed by atoms with E-state index in [1.165, 1.54) is 5.56 Å². The molecule has 0 bridgehead atoms. The second-order valence-electron chi connectivity index (χ2n) is 6.82. The van der Waals surface area contributed by atoms with Crippen molar-refractivity contribution in [1.82, 2.24) is 5.32 Å². The predicted molar refractivity (Wildman–Crippen MR) is 101 cm³/mol. The van der Waals surface area contributed by atoms with E-state index in [0.29, 0.717) is 5.56 Å². The highest BCUT2D eigenvalue weighted by Crippen LogP contribution is 2.36. The van der Waals surface area contributed by atoms with Gasteiger partial charge in [-0.1, -0.05) is 31.2 Å². The highest BCUT2D eigenvalue weighted by atomic mass is 16.3. The molecular formula is C21H26N2O2. The van der Waals surface area contributed by atoms with Crippen molar-refractivity contribution in [3.8, 4) is 0 Å². The fraction of sp³-hybridized carbons (Fsp3) is 0.381. The number of aliphatic hydroxyl groups excluding tert-OH is 1. The van der Waals surface area contributed by atoms with Gasteiger partial charge < -0.3 is 15.3 Å². The second-order valence-corrected chi connectivity index (χ2v) is 6.82. The molecule has 2 aromatic rings. The minimum atomic E-state index is -0.675. The van der Waals surface area contributed by atoms with Gasteiger partial charge in [0.2, 0.25) is 0 Å². The third-order valence-electron chi connectivity index (χ3n) is 5.11. The van der Waals surface area contributed by atoms with Gasteiger partial charge in [-0.25, -0.2) is 0 Å². The van der Waals surface area contributed by atoms with Crippen LogP contribution in [0.3, 0.4) is 0 Å². The average Bonchev–Trinajstić information content (AvgIpc) is 3.01. The number of rotatable bonds is 6. The Labute approximate surface area is 149 Å². The van der Waals surface area contributed by atoms with Crippen molar-refractivity contribution in [2.45, 2.75) is 31.7 Å². The van der Waals surface area contributed by atoms with Crippen LogP contribution in [-0.4, -0.2) is 31.2 Å². The summed E-state index contributed by atoms with van der Waals surface area (Å²) in [7, 11) is 2.05. The van der Waals surface area contributed by atoms with Crippen LogP contribution in [0.1, 0.15) is 41.3 Å². The lowest BCUT2D eigenvalue weighted by atomic mass is 9.92. The Morgan fingerprint density at radius 1 is 1.20 bits per heavy atom. The van der Waals surface area contributed by atoms with Crippen LogP contribution < -0.4 is 10.2 Å². The van der Waals surface area contributed by atoms with Gasteiger partial charge in [0.25, 0.3) is 5.91 Å². The first-order valence-electron chi connectivity index (χ1n) is 8.92. The van der Waals surface area contributed by atoms with E-state index in [-0.39, 0.29) is 12.5 Å². The number of aryl methyl sites for hydroxylation is 1. The van der Waals surface area contributed by atoms with E-state index in [2.05, 4.69) is 30.3 Å². The molecular weight excluding hydrogens is 312 g/mol. The van der Waals surface area contributed by atoms with Crippen molar-refractivity contribution in [1.29, 1.82) is 0 Å². The molecule has 1 aliphatic rings. The number of anilines is 1. The number of hydrogen-bond acceptors (Lipinski definition) is 3. The van der Waals surface area contributed by atoms with Gasteiger partial charge in [-0.05, 0) is 54.7 Å². The number of nitrogens with zero attached hydrogens (tertiary/aromatic N) is 1. The molecule has 0 radical (unpaired) electrons. The van der Waals surface area contributed by atoms with E-state index in [1.54, 1.807) is 0 Å². The monoisotopic (exact) mass is 338 g/mol.